The average Bonchev–Trinajstić information content (AvgIpc) is 1.64. The number of phosphoric ester groups is 4. The first kappa shape index (κ1) is 76.4. The number of hydrogen-bond donors (Lipinski definition) is 14. The van der Waals surface area contributed by atoms with Crippen LogP contribution in [0.2, 0.25) is 0 Å². The number of aliphatic hydroxyl groups excluding tert-OH is 2. The molecular formula is C52H66N20O29P4S. The number of thiol groups is 1. The molecule has 5 saturated heterocycles. The fraction of sp³-hybridized carbons (Fsp3) is 0.538. The number of aromatic nitrogens is 16. The Morgan fingerprint density at radius 2 is 1.05 bits per heavy atom. The van der Waals surface area contributed by atoms with E-state index in [1.165, 1.54) is 51.7 Å². The number of ether oxygens (including phenoxy) is 5. The number of rotatable bonds is 30. The number of H-pyrrole nitrogens is 2. The van der Waals surface area contributed by atoms with Crippen LogP contribution in [0.3, 0.4) is 0 Å². The smallest absolute Gasteiger partial charge is 0.472 e. The molecule has 5 aliphatic heterocycles. The largest absolute Gasteiger partial charge is 0.480 e. The van der Waals surface area contributed by atoms with E-state index in [0.717, 1.165) is 28.1 Å². The lowest BCUT2D eigenvalue weighted by atomic mass is 10.2. The lowest BCUT2D eigenvalue weighted by Crippen LogP contribution is -2.33. The van der Waals surface area contributed by atoms with Gasteiger partial charge in [-0.25, -0.2) is 67.5 Å². The van der Waals surface area contributed by atoms with Gasteiger partial charge in [-0.05, 0) is 13.0 Å². The maximum Gasteiger partial charge on any atom is 0.472 e. The first-order chi connectivity index (χ1) is 50.3. The number of aliphatic hydroxyl groups is 2. The molecule has 0 saturated carbocycles. The van der Waals surface area contributed by atoms with E-state index in [9.17, 15) is 77.1 Å². The lowest BCUT2D eigenvalue weighted by molar-refractivity contribution is -0.137. The van der Waals surface area contributed by atoms with Gasteiger partial charge in [0.2, 0.25) is 5.95 Å². The first-order valence-electron chi connectivity index (χ1n) is 31.6. The van der Waals surface area contributed by atoms with Crippen LogP contribution in [0.5, 0.6) is 0 Å². The van der Waals surface area contributed by atoms with Crippen molar-refractivity contribution in [2.75, 3.05) is 61.3 Å². The zero-order valence-corrected chi connectivity index (χ0v) is 58.9. The Balaban J connectivity index is 0.731. The van der Waals surface area contributed by atoms with Crippen LogP contribution in [0.25, 0.3) is 33.5 Å². The summed E-state index contributed by atoms with van der Waals surface area (Å²) in [7, 11) is -21.6. The van der Waals surface area contributed by atoms with Crippen LogP contribution < -0.4 is 45.0 Å². The van der Waals surface area contributed by atoms with Crippen LogP contribution in [-0.4, -0.2) is 224 Å². The molecule has 16 N–H and O–H groups in total. The first-order valence-corrected chi connectivity index (χ1v) is 38.2. The number of anilines is 4. The standard InChI is InChI=1S/C52H66N20O29P4S/c1-21-9-69(52(80)67-47(21)75)34-4-23(74)29(94-34)11-89-102(81,82)99-25-6-36(70-18-60-39-42(54)56-16-58-44(39)70)95-30(25)12-91-104(85,86)100-26-7-37(71-19-61-40-43(57-17-59-45(40)71)63-22(15-106)49(77)78)96-31(26)13-92-105(87,88)101-27-8-38(72-20-62-41-46(72)65-50(55)66-48(41)76)97-32(27)14-90-103(83,84)98-24-5-35(93-28(24)10-73)68-3-2-33(53)64-51(68)79/h2-3,9,16-20,22-32,34-38,73-74,106H,4-8,10-15H2,1H3,(H,77,78)(H,81,82)(H,83,84)(H,85,86)(H,87,88)(H2,53,64,79)(H2,54,56,58)(H,57,59,63)(H,67,75,80)(H3,55,65,66,76)/t22-,23-,24-,25-,26-,27-,28+,29+,30+,31+,32+,34+,35+,36+,37+,38+/m0/s1. The molecule has 0 spiro atoms. The Hall–Kier alpha value is -7.81. The van der Waals surface area contributed by atoms with Gasteiger partial charge in [0.15, 0.2) is 39.6 Å². The van der Waals surface area contributed by atoms with Crippen LogP contribution in [0.15, 0.2) is 69.3 Å². The summed E-state index contributed by atoms with van der Waals surface area (Å²) in [6, 6.07) is 0.0181. The van der Waals surface area contributed by atoms with Crippen molar-refractivity contribution >= 4 is 107 Å². The molecular weight excluding hydrogens is 1520 g/mol. The van der Waals surface area contributed by atoms with Crippen molar-refractivity contribution < 1.29 is 118 Å². The van der Waals surface area contributed by atoms with Gasteiger partial charge in [-0.15, -0.1) is 0 Å². The average molecular weight is 1590 g/mol. The predicted octanol–water partition coefficient (Wildman–Crippen LogP) is -1.74. The van der Waals surface area contributed by atoms with Gasteiger partial charge in [-0.1, -0.05) is 0 Å². The molecule has 8 aromatic rings. The van der Waals surface area contributed by atoms with Crippen molar-refractivity contribution in [2.24, 2.45) is 0 Å². The Morgan fingerprint density at radius 1 is 0.594 bits per heavy atom. The molecule has 574 valence electrons. The van der Waals surface area contributed by atoms with Gasteiger partial charge in [0.05, 0.1) is 58.1 Å². The molecule has 4 unspecified atom stereocenters. The minimum Gasteiger partial charge on any atom is -0.480 e. The highest BCUT2D eigenvalue weighted by Crippen LogP contribution is 2.55. The molecule has 5 aliphatic rings. The van der Waals surface area contributed by atoms with E-state index in [1.54, 1.807) is 0 Å². The maximum atomic E-state index is 14.4. The Morgan fingerprint density at radius 3 is 1.57 bits per heavy atom. The molecule has 106 heavy (non-hydrogen) atoms. The topological polar surface area (TPSA) is 678 Å². The van der Waals surface area contributed by atoms with Crippen molar-refractivity contribution in [2.45, 2.75) is 137 Å². The van der Waals surface area contributed by atoms with Gasteiger partial charge in [0.25, 0.3) is 11.1 Å². The minimum atomic E-state index is -5.55. The minimum absolute atomic E-state index is 0.00577. The molecule has 49 nitrogen and oxygen atoms in total. The summed E-state index contributed by atoms with van der Waals surface area (Å²) in [6.07, 6.45) is -15.2. The summed E-state index contributed by atoms with van der Waals surface area (Å²) >= 11 is 4.10. The monoisotopic (exact) mass is 1590 g/mol. The van der Waals surface area contributed by atoms with Gasteiger partial charge in [-0.3, -0.25) is 78.6 Å². The Bertz CT molecular complexity index is 5070. The van der Waals surface area contributed by atoms with Crippen molar-refractivity contribution in [1.29, 1.82) is 0 Å². The zero-order valence-electron chi connectivity index (χ0n) is 54.5. The molecule has 0 bridgehead atoms. The number of aromatic amines is 2. The van der Waals surface area contributed by atoms with Gasteiger partial charge in [0, 0.05) is 55.8 Å². The van der Waals surface area contributed by atoms with Crippen LogP contribution in [0, 0.1) is 6.92 Å². The number of nitrogens with two attached hydrogens (primary N) is 3. The molecule has 0 aliphatic carbocycles. The van der Waals surface area contributed by atoms with E-state index in [0.29, 0.717) is 0 Å². The number of phosphoric acid groups is 4. The molecule has 20 atom stereocenters. The van der Waals surface area contributed by atoms with Crippen LogP contribution in [-0.2, 0) is 82.9 Å². The Kier molecular flexibility index (Phi) is 22.1. The highest BCUT2D eigenvalue weighted by atomic mass is 32.1. The maximum absolute atomic E-state index is 14.4. The zero-order chi connectivity index (χ0) is 75.5. The molecule has 13 heterocycles. The molecule has 8 aromatic heterocycles. The summed E-state index contributed by atoms with van der Waals surface area (Å²) in [5, 5.41) is 33.5. The second-order valence-corrected chi connectivity index (χ2v) is 30.3. The third-order valence-corrected chi connectivity index (χ3v) is 21.7. The van der Waals surface area contributed by atoms with E-state index in [4.69, 9.17) is 77.1 Å². The second-order valence-electron chi connectivity index (χ2n) is 24.4. The number of carbonyl (C=O) groups is 1. The number of nitrogens with one attached hydrogen (secondary N) is 3. The number of nitrogen functional groups attached to an aromatic ring is 3. The quantitative estimate of drug-likeness (QED) is 0.0175. The number of aliphatic carboxylic acids is 1. The number of imidazole rings is 3. The van der Waals surface area contributed by atoms with Gasteiger partial charge >= 0.3 is 48.6 Å². The second kappa shape index (κ2) is 30.7. The lowest BCUT2D eigenvalue weighted by Gasteiger charge is -2.25. The number of carboxylic acid groups (broad SMARTS) is 1. The number of carboxylic acids is 1. The van der Waals surface area contributed by atoms with Crippen LogP contribution >= 0.6 is 43.9 Å². The predicted molar refractivity (Wildman–Crippen MR) is 354 cm³/mol. The highest BCUT2D eigenvalue weighted by molar-refractivity contribution is 7.80. The van der Waals surface area contributed by atoms with Gasteiger partial charge < -0.3 is 81.1 Å². The molecule has 0 radical (unpaired) electrons. The van der Waals surface area contributed by atoms with Crippen molar-refractivity contribution in [1.82, 2.24) is 77.7 Å². The molecule has 5 fully saturated rings. The summed E-state index contributed by atoms with van der Waals surface area (Å²) in [4.78, 5) is 149. The van der Waals surface area contributed by atoms with Crippen molar-refractivity contribution in [3.8, 4) is 0 Å². The number of aryl methyl sites for hydroxylation is 1. The summed E-state index contributed by atoms with van der Waals surface area (Å²) in [6.45, 7) is -3.18. The van der Waals surface area contributed by atoms with Gasteiger partial charge in [0.1, 0.15) is 116 Å². The van der Waals surface area contributed by atoms with Crippen molar-refractivity contribution in [3.63, 3.8) is 0 Å². The van der Waals surface area contributed by atoms with Crippen LogP contribution in [0.4, 0.5) is 23.4 Å². The molecule has 0 amide bonds. The van der Waals surface area contributed by atoms with E-state index < -0.39 is 204 Å². The SMILES string of the molecule is Cc1cn([C@H]2C[C@H](O)[C@@H](COP(=O)(O)O[C@H]3C[C@H](n4cnc5c(N)ncnc54)O[C@@H]3COP(=O)(O)O[C@H]3C[C@H](n4cnc5c(N[C@@H](CS)C(=O)O)ncnc54)O[C@@H]3COP(=O)(O)O[C@H]3C[C@H](n4cnc5c(=O)[nH]c(N)nc54)O[C@@H]3COP(=O)(O)O[C@H]3C[C@H](n4ccc(N)nc4=O)O[C@@H]3CO)O2)c(=O)[nH]c1=O. The number of nitrogens with zero attached hydrogens (tertiary/aromatic N) is 14. The highest BCUT2D eigenvalue weighted by Gasteiger charge is 2.50. The fourth-order valence-electron chi connectivity index (χ4n) is 12.3. The Labute approximate surface area is 596 Å². The summed E-state index contributed by atoms with van der Waals surface area (Å²) < 4.78 is 137. The number of fused-ring (bicyclic) bond motifs is 3. The summed E-state index contributed by atoms with van der Waals surface area (Å²) in [5.41, 5.74) is 14.4. The number of hydrogen-bond acceptors (Lipinski definition) is 38. The fourth-order valence-corrected chi connectivity index (χ4v) is 16.3. The van der Waals surface area contributed by atoms with Gasteiger partial charge in [-0.2, -0.15) is 22.6 Å². The molecule has 13 rings (SSSR count). The van der Waals surface area contributed by atoms with Crippen molar-refractivity contribution in [3.05, 3.63) is 97.3 Å². The van der Waals surface area contributed by atoms with E-state index in [1.807, 2.05) is 0 Å². The molecule has 0 aromatic carbocycles. The third kappa shape index (κ3) is 16.7. The van der Waals surface area contributed by atoms with E-state index >= 15 is 0 Å². The summed E-state index contributed by atoms with van der Waals surface area (Å²) in [5.74, 6) is -2.05. The van der Waals surface area contributed by atoms with Crippen LogP contribution in [0.1, 0.15) is 68.8 Å². The van der Waals surface area contributed by atoms with E-state index in [2.05, 4.69) is 72.8 Å². The normalized spacial score (nSPS) is 28.8. The molecule has 54 heteroatoms. The van der Waals surface area contributed by atoms with E-state index in [-0.39, 0.29) is 87.5 Å². The third-order valence-electron chi connectivity index (χ3n) is 17.3.